The van der Waals surface area contributed by atoms with Gasteiger partial charge in [-0.25, -0.2) is 4.98 Å². The zero-order chi connectivity index (χ0) is 25.1. The fraction of sp³-hybridized carbons (Fsp3) is 0.259. The zero-order valence-electron chi connectivity index (χ0n) is 20.0. The number of carbonyl (C=O) groups excluding carboxylic acids is 1. The third kappa shape index (κ3) is 5.21. The third-order valence-electron chi connectivity index (χ3n) is 6.27. The number of rotatable bonds is 7. The van der Waals surface area contributed by atoms with Crippen LogP contribution < -0.4 is 14.8 Å². The molecule has 0 unspecified atom stereocenters. The van der Waals surface area contributed by atoms with Crippen LogP contribution in [0.3, 0.4) is 0 Å². The Balaban J connectivity index is 1.38. The molecular formula is C27H28N4O4S. The van der Waals surface area contributed by atoms with Crippen molar-refractivity contribution in [2.45, 2.75) is 50.0 Å². The second-order valence-corrected chi connectivity index (χ2v) is 10.5. The van der Waals surface area contributed by atoms with Crippen LogP contribution in [0.25, 0.3) is 16.9 Å². The third-order valence-corrected chi connectivity index (χ3v) is 7.53. The number of nitrogens with one attached hydrogen (secondary N) is 2. The molecule has 8 nitrogen and oxygen atoms in total. The van der Waals surface area contributed by atoms with Gasteiger partial charge in [-0.2, -0.15) is 8.42 Å². The van der Waals surface area contributed by atoms with E-state index < -0.39 is 10.1 Å². The summed E-state index contributed by atoms with van der Waals surface area (Å²) in [5.74, 6) is 0.915. The maximum atomic E-state index is 12.7. The lowest BCUT2D eigenvalue weighted by Gasteiger charge is -2.24. The highest BCUT2D eigenvalue weighted by atomic mass is 32.2. The van der Waals surface area contributed by atoms with Crippen LogP contribution in [-0.4, -0.2) is 29.8 Å². The number of amides is 1. The standard InChI is InChI=1S/C27H28N4O4S/c1-19(32)28-22-12-16-24(17-13-22)36(33,34)35-23-14-10-20(11-15-23)26-27(29-21-7-3-2-4-8-21)31-18-6-5-9-25(31)30-26/h5-6,9-18,21,29H,2-4,7-8H2,1H3,(H,28,32). The van der Waals surface area contributed by atoms with Gasteiger partial charge in [-0.3, -0.25) is 9.20 Å². The normalized spacial score (nSPS) is 14.5. The lowest BCUT2D eigenvalue weighted by Crippen LogP contribution is -2.23. The molecule has 2 aromatic carbocycles. The lowest BCUT2D eigenvalue weighted by molar-refractivity contribution is -0.114. The predicted molar refractivity (Wildman–Crippen MR) is 140 cm³/mol. The van der Waals surface area contributed by atoms with Crippen molar-refractivity contribution in [3.63, 3.8) is 0 Å². The first-order chi connectivity index (χ1) is 17.4. The molecule has 0 aliphatic heterocycles. The average Bonchev–Trinajstić information content (AvgIpc) is 3.23. The molecule has 0 radical (unpaired) electrons. The summed E-state index contributed by atoms with van der Waals surface area (Å²) in [7, 11) is -4.03. The summed E-state index contributed by atoms with van der Waals surface area (Å²) in [5, 5.41) is 6.32. The van der Waals surface area contributed by atoms with E-state index in [4.69, 9.17) is 9.17 Å². The van der Waals surface area contributed by atoms with Gasteiger partial charge in [0.15, 0.2) is 0 Å². The number of imidazole rings is 1. The molecule has 186 valence electrons. The van der Waals surface area contributed by atoms with Crippen LogP contribution in [0.5, 0.6) is 5.75 Å². The molecule has 0 saturated heterocycles. The van der Waals surface area contributed by atoms with Crippen molar-refractivity contribution >= 4 is 33.2 Å². The molecule has 0 atom stereocenters. The molecule has 2 N–H and O–H groups in total. The number of fused-ring (bicyclic) bond motifs is 1. The number of nitrogens with zero attached hydrogens (tertiary/aromatic N) is 2. The van der Waals surface area contributed by atoms with Crippen molar-refractivity contribution in [2.75, 3.05) is 10.6 Å². The van der Waals surface area contributed by atoms with Gasteiger partial charge in [-0.15, -0.1) is 0 Å². The number of pyridine rings is 1. The summed E-state index contributed by atoms with van der Waals surface area (Å²) in [6, 6.07) is 19.0. The smallest absolute Gasteiger partial charge is 0.339 e. The number of hydrogen-bond donors (Lipinski definition) is 2. The number of aromatic nitrogens is 2. The van der Waals surface area contributed by atoms with Gasteiger partial charge in [-0.1, -0.05) is 25.3 Å². The van der Waals surface area contributed by atoms with E-state index in [1.54, 1.807) is 12.1 Å². The molecule has 1 aliphatic carbocycles. The van der Waals surface area contributed by atoms with E-state index in [2.05, 4.69) is 15.0 Å². The Labute approximate surface area is 210 Å². The molecule has 0 bridgehead atoms. The van der Waals surface area contributed by atoms with Crippen molar-refractivity contribution in [1.29, 1.82) is 0 Å². The fourth-order valence-corrected chi connectivity index (χ4v) is 5.46. The molecule has 5 rings (SSSR count). The first-order valence-electron chi connectivity index (χ1n) is 12.1. The number of benzene rings is 2. The molecule has 4 aromatic rings. The molecule has 1 aliphatic rings. The maximum absolute atomic E-state index is 12.7. The summed E-state index contributed by atoms with van der Waals surface area (Å²) < 4.78 is 32.9. The van der Waals surface area contributed by atoms with Gasteiger partial charge in [0.25, 0.3) is 0 Å². The van der Waals surface area contributed by atoms with Crippen LogP contribution in [0.4, 0.5) is 11.5 Å². The summed E-state index contributed by atoms with van der Waals surface area (Å²) in [6.07, 6.45) is 7.99. The molecule has 2 aromatic heterocycles. The topological polar surface area (TPSA) is 102 Å². The van der Waals surface area contributed by atoms with Crippen LogP contribution in [0.2, 0.25) is 0 Å². The summed E-state index contributed by atoms with van der Waals surface area (Å²) in [4.78, 5) is 16.0. The number of hydrogen-bond acceptors (Lipinski definition) is 6. The van der Waals surface area contributed by atoms with Crippen LogP contribution in [-0.2, 0) is 14.9 Å². The molecular weight excluding hydrogens is 476 g/mol. The Morgan fingerprint density at radius 2 is 1.69 bits per heavy atom. The molecule has 9 heteroatoms. The monoisotopic (exact) mass is 504 g/mol. The predicted octanol–water partition coefficient (Wildman–Crippen LogP) is 5.47. The first kappa shape index (κ1) is 23.9. The molecule has 0 spiro atoms. The van der Waals surface area contributed by atoms with Crippen molar-refractivity contribution < 1.29 is 17.4 Å². The molecule has 1 fully saturated rings. The molecule has 1 amide bonds. The minimum absolute atomic E-state index is 0.00000222. The van der Waals surface area contributed by atoms with Crippen LogP contribution in [0.15, 0.2) is 77.8 Å². The fourth-order valence-electron chi connectivity index (χ4n) is 4.53. The van der Waals surface area contributed by atoms with Crippen LogP contribution in [0, 0.1) is 0 Å². The van der Waals surface area contributed by atoms with Gasteiger partial charge in [0.1, 0.15) is 27.8 Å². The number of carbonyl (C=O) groups is 1. The van der Waals surface area contributed by atoms with Crippen molar-refractivity contribution in [3.8, 4) is 17.0 Å². The van der Waals surface area contributed by atoms with E-state index in [0.29, 0.717) is 11.7 Å². The van der Waals surface area contributed by atoms with Crippen LogP contribution in [0.1, 0.15) is 39.0 Å². The average molecular weight is 505 g/mol. The second kappa shape index (κ2) is 10.0. The Morgan fingerprint density at radius 3 is 2.39 bits per heavy atom. The summed E-state index contributed by atoms with van der Waals surface area (Å²) >= 11 is 0. The van der Waals surface area contributed by atoms with E-state index in [-0.39, 0.29) is 16.6 Å². The summed E-state index contributed by atoms with van der Waals surface area (Å²) in [5.41, 5.74) is 3.03. The van der Waals surface area contributed by atoms with Crippen molar-refractivity contribution in [3.05, 3.63) is 72.9 Å². The van der Waals surface area contributed by atoms with E-state index in [0.717, 1.165) is 35.6 Å². The molecule has 1 saturated carbocycles. The van der Waals surface area contributed by atoms with Crippen LogP contribution >= 0.6 is 0 Å². The van der Waals surface area contributed by atoms with E-state index in [1.807, 2.05) is 36.5 Å². The largest absolute Gasteiger partial charge is 0.379 e. The van der Waals surface area contributed by atoms with Gasteiger partial charge in [0.2, 0.25) is 5.91 Å². The van der Waals surface area contributed by atoms with Crippen molar-refractivity contribution in [1.82, 2.24) is 9.38 Å². The van der Waals surface area contributed by atoms with Gasteiger partial charge in [0.05, 0.1) is 0 Å². The lowest BCUT2D eigenvalue weighted by atomic mass is 9.95. The quantitative estimate of drug-likeness (QED) is 0.324. The molecule has 2 heterocycles. The Kier molecular flexibility index (Phi) is 6.65. The van der Waals surface area contributed by atoms with Gasteiger partial charge in [-0.05, 0) is 73.5 Å². The van der Waals surface area contributed by atoms with Gasteiger partial charge >= 0.3 is 10.1 Å². The molecule has 36 heavy (non-hydrogen) atoms. The van der Waals surface area contributed by atoms with E-state index in [9.17, 15) is 13.2 Å². The Bertz CT molecular complexity index is 1470. The van der Waals surface area contributed by atoms with Crippen molar-refractivity contribution in [2.24, 2.45) is 0 Å². The highest BCUT2D eigenvalue weighted by molar-refractivity contribution is 7.87. The first-order valence-corrected chi connectivity index (χ1v) is 13.5. The van der Waals surface area contributed by atoms with E-state index >= 15 is 0 Å². The van der Waals surface area contributed by atoms with Gasteiger partial charge in [0, 0.05) is 30.4 Å². The minimum atomic E-state index is -4.03. The second-order valence-electron chi connectivity index (χ2n) is 8.98. The maximum Gasteiger partial charge on any atom is 0.339 e. The Morgan fingerprint density at radius 1 is 0.972 bits per heavy atom. The number of anilines is 2. The SMILES string of the molecule is CC(=O)Nc1ccc(S(=O)(=O)Oc2ccc(-c3nc4ccccn4c3NC3CCCCC3)cc2)cc1. The van der Waals surface area contributed by atoms with Gasteiger partial charge < -0.3 is 14.8 Å². The van der Waals surface area contributed by atoms with E-state index in [1.165, 1.54) is 50.5 Å². The highest BCUT2D eigenvalue weighted by Crippen LogP contribution is 2.33. The zero-order valence-corrected chi connectivity index (χ0v) is 20.8. The Hall–Kier alpha value is -3.85. The highest BCUT2D eigenvalue weighted by Gasteiger charge is 2.21. The minimum Gasteiger partial charge on any atom is -0.379 e. The summed E-state index contributed by atoms with van der Waals surface area (Å²) in [6.45, 7) is 1.39.